The molecule has 1 aromatic rings. The monoisotopic (exact) mass is 234 g/mol. The molecule has 3 nitrogen and oxygen atoms in total. The quantitative estimate of drug-likeness (QED) is 0.754. The number of esters is 1. The van der Waals surface area contributed by atoms with E-state index in [0.717, 1.165) is 18.6 Å². The van der Waals surface area contributed by atoms with Crippen LogP contribution in [0.4, 0.5) is 0 Å². The van der Waals surface area contributed by atoms with Crippen LogP contribution in [0, 0.1) is 12.8 Å². The summed E-state index contributed by atoms with van der Waals surface area (Å²) in [5, 5.41) is 0. The lowest BCUT2D eigenvalue weighted by molar-refractivity contribution is 0.0158. The predicted molar refractivity (Wildman–Crippen MR) is 65.0 cm³/mol. The van der Waals surface area contributed by atoms with E-state index < -0.39 is 0 Å². The lowest BCUT2D eigenvalue weighted by Gasteiger charge is -2.10. The molecular weight excluding hydrogens is 216 g/mol. The van der Waals surface area contributed by atoms with Crippen LogP contribution in [0.5, 0.6) is 0 Å². The second kappa shape index (κ2) is 5.32. The number of carbonyl (C=O) groups is 1. The summed E-state index contributed by atoms with van der Waals surface area (Å²) in [7, 11) is 0. The van der Waals surface area contributed by atoms with Crippen LogP contribution in [-0.4, -0.2) is 25.3 Å². The Bertz CT molecular complexity index is 383. The van der Waals surface area contributed by atoms with E-state index in [9.17, 15) is 4.79 Å². The Kier molecular flexibility index (Phi) is 3.79. The second-order valence-electron chi connectivity index (χ2n) is 4.76. The van der Waals surface area contributed by atoms with E-state index in [0.29, 0.717) is 18.1 Å². The molecule has 1 saturated heterocycles. The zero-order valence-electron chi connectivity index (χ0n) is 10.3. The fourth-order valence-electron chi connectivity index (χ4n) is 1.94. The van der Waals surface area contributed by atoms with Gasteiger partial charge in [-0.15, -0.1) is 0 Å². The van der Waals surface area contributed by atoms with Crippen LogP contribution >= 0.6 is 0 Å². The molecule has 0 aromatic heterocycles. The molecular formula is C14H18O3. The SMILES string of the molecule is Cc1ccc(C(=O)OC[C@@H]2CC(C)CO2)cc1. The highest BCUT2D eigenvalue weighted by molar-refractivity contribution is 5.89. The van der Waals surface area contributed by atoms with Crippen molar-refractivity contribution < 1.29 is 14.3 Å². The molecule has 1 aliphatic heterocycles. The van der Waals surface area contributed by atoms with Gasteiger partial charge < -0.3 is 9.47 Å². The van der Waals surface area contributed by atoms with Crippen LogP contribution in [-0.2, 0) is 9.47 Å². The van der Waals surface area contributed by atoms with E-state index in [4.69, 9.17) is 9.47 Å². The van der Waals surface area contributed by atoms with Crippen LogP contribution in [0.3, 0.4) is 0 Å². The molecule has 0 bridgehead atoms. The third-order valence-electron chi connectivity index (χ3n) is 2.97. The molecule has 17 heavy (non-hydrogen) atoms. The van der Waals surface area contributed by atoms with Crippen LogP contribution in [0.15, 0.2) is 24.3 Å². The van der Waals surface area contributed by atoms with Crippen molar-refractivity contribution in [3.63, 3.8) is 0 Å². The average Bonchev–Trinajstić information content (AvgIpc) is 2.73. The van der Waals surface area contributed by atoms with Gasteiger partial charge in [-0.1, -0.05) is 24.6 Å². The maximum atomic E-state index is 11.7. The zero-order chi connectivity index (χ0) is 12.3. The summed E-state index contributed by atoms with van der Waals surface area (Å²) in [5.41, 5.74) is 1.73. The van der Waals surface area contributed by atoms with E-state index in [1.54, 1.807) is 12.1 Å². The number of benzene rings is 1. The largest absolute Gasteiger partial charge is 0.459 e. The highest BCUT2D eigenvalue weighted by Gasteiger charge is 2.23. The minimum atomic E-state index is -0.270. The van der Waals surface area contributed by atoms with Gasteiger partial charge in [0.05, 0.1) is 11.7 Å². The third kappa shape index (κ3) is 3.30. The Morgan fingerprint density at radius 2 is 2.12 bits per heavy atom. The summed E-state index contributed by atoms with van der Waals surface area (Å²) < 4.78 is 10.7. The fourth-order valence-corrected chi connectivity index (χ4v) is 1.94. The standard InChI is InChI=1S/C14H18O3/c1-10-3-5-12(6-4-10)14(15)17-9-13-7-11(2)8-16-13/h3-6,11,13H,7-9H2,1-2H3/t11?,13-/m0/s1. The van der Waals surface area contributed by atoms with Crippen molar-refractivity contribution in [1.82, 2.24) is 0 Å². The van der Waals surface area contributed by atoms with Crippen molar-refractivity contribution in [2.75, 3.05) is 13.2 Å². The lowest BCUT2D eigenvalue weighted by Crippen LogP contribution is -2.18. The van der Waals surface area contributed by atoms with Gasteiger partial charge in [-0.25, -0.2) is 4.79 Å². The normalized spacial score (nSPS) is 23.6. The Hall–Kier alpha value is -1.35. The van der Waals surface area contributed by atoms with E-state index in [2.05, 4.69) is 6.92 Å². The van der Waals surface area contributed by atoms with Gasteiger partial charge in [0.15, 0.2) is 0 Å². The number of ether oxygens (including phenoxy) is 2. The Labute approximate surface area is 102 Å². The van der Waals surface area contributed by atoms with Gasteiger partial charge >= 0.3 is 5.97 Å². The molecule has 1 unspecified atom stereocenters. The Morgan fingerprint density at radius 3 is 2.71 bits per heavy atom. The maximum absolute atomic E-state index is 11.7. The van der Waals surface area contributed by atoms with Crippen LogP contribution < -0.4 is 0 Å². The molecule has 1 aliphatic rings. The fraction of sp³-hybridized carbons (Fsp3) is 0.500. The molecule has 92 valence electrons. The van der Waals surface area contributed by atoms with E-state index in [1.807, 2.05) is 19.1 Å². The van der Waals surface area contributed by atoms with Crippen molar-refractivity contribution in [3.8, 4) is 0 Å². The summed E-state index contributed by atoms with van der Waals surface area (Å²) in [6, 6.07) is 7.39. The first-order valence-electron chi connectivity index (χ1n) is 6.00. The average molecular weight is 234 g/mol. The minimum absolute atomic E-state index is 0.0689. The summed E-state index contributed by atoms with van der Waals surface area (Å²) in [5.74, 6) is 0.297. The highest BCUT2D eigenvalue weighted by atomic mass is 16.6. The van der Waals surface area contributed by atoms with E-state index in [1.165, 1.54) is 0 Å². The first-order valence-corrected chi connectivity index (χ1v) is 6.00. The molecule has 3 heteroatoms. The Morgan fingerprint density at radius 1 is 1.41 bits per heavy atom. The van der Waals surface area contributed by atoms with Gasteiger partial charge in [0, 0.05) is 6.61 Å². The van der Waals surface area contributed by atoms with Crippen LogP contribution in [0.2, 0.25) is 0 Å². The van der Waals surface area contributed by atoms with E-state index in [-0.39, 0.29) is 12.1 Å². The van der Waals surface area contributed by atoms with Crippen molar-refractivity contribution in [2.24, 2.45) is 5.92 Å². The summed E-state index contributed by atoms with van der Waals surface area (Å²) in [6.07, 6.45) is 1.04. The first kappa shape index (κ1) is 12.1. The first-order chi connectivity index (χ1) is 8.15. The van der Waals surface area contributed by atoms with Gasteiger partial charge in [-0.3, -0.25) is 0 Å². The molecule has 2 atom stereocenters. The maximum Gasteiger partial charge on any atom is 0.338 e. The molecule has 1 heterocycles. The summed E-state index contributed by atoms with van der Waals surface area (Å²) in [6.45, 7) is 5.26. The number of rotatable bonds is 3. The topological polar surface area (TPSA) is 35.5 Å². The summed E-state index contributed by atoms with van der Waals surface area (Å²) >= 11 is 0. The molecule has 0 N–H and O–H groups in total. The van der Waals surface area contributed by atoms with Gasteiger partial charge in [-0.05, 0) is 31.4 Å². The molecule has 2 rings (SSSR count). The number of aryl methyl sites for hydroxylation is 1. The smallest absolute Gasteiger partial charge is 0.338 e. The zero-order valence-corrected chi connectivity index (χ0v) is 10.3. The van der Waals surface area contributed by atoms with Crippen LogP contribution in [0.1, 0.15) is 29.3 Å². The molecule has 0 spiro atoms. The molecule has 0 amide bonds. The number of carbonyl (C=O) groups excluding carboxylic acids is 1. The molecule has 1 fully saturated rings. The predicted octanol–water partition coefficient (Wildman–Crippen LogP) is 2.58. The van der Waals surface area contributed by atoms with Crippen molar-refractivity contribution in [2.45, 2.75) is 26.4 Å². The van der Waals surface area contributed by atoms with Gasteiger partial charge in [0.25, 0.3) is 0 Å². The van der Waals surface area contributed by atoms with Crippen molar-refractivity contribution >= 4 is 5.97 Å². The number of hydrogen-bond acceptors (Lipinski definition) is 3. The summed E-state index contributed by atoms with van der Waals surface area (Å²) in [4.78, 5) is 11.7. The van der Waals surface area contributed by atoms with Gasteiger partial charge in [0.1, 0.15) is 6.61 Å². The van der Waals surface area contributed by atoms with Crippen molar-refractivity contribution in [1.29, 1.82) is 0 Å². The van der Waals surface area contributed by atoms with E-state index >= 15 is 0 Å². The lowest BCUT2D eigenvalue weighted by atomic mass is 10.1. The van der Waals surface area contributed by atoms with Crippen LogP contribution in [0.25, 0.3) is 0 Å². The van der Waals surface area contributed by atoms with Crippen molar-refractivity contribution in [3.05, 3.63) is 35.4 Å². The molecule has 1 aromatic carbocycles. The minimum Gasteiger partial charge on any atom is -0.459 e. The second-order valence-corrected chi connectivity index (χ2v) is 4.76. The molecule has 0 saturated carbocycles. The molecule has 0 aliphatic carbocycles. The number of hydrogen-bond donors (Lipinski definition) is 0. The Balaban J connectivity index is 1.83. The van der Waals surface area contributed by atoms with Gasteiger partial charge in [-0.2, -0.15) is 0 Å². The van der Waals surface area contributed by atoms with Gasteiger partial charge in [0.2, 0.25) is 0 Å². The highest BCUT2D eigenvalue weighted by Crippen LogP contribution is 2.19. The molecule has 0 radical (unpaired) electrons. The third-order valence-corrected chi connectivity index (χ3v) is 2.97.